The van der Waals surface area contributed by atoms with E-state index in [2.05, 4.69) is 15.3 Å². The molecule has 22 heavy (non-hydrogen) atoms. The number of hydrogen-bond donors (Lipinski definition) is 2. The van der Waals surface area contributed by atoms with Crippen molar-refractivity contribution < 1.29 is 4.79 Å². The van der Waals surface area contributed by atoms with Gasteiger partial charge < -0.3 is 11.1 Å². The smallest absolute Gasteiger partial charge is 0.271 e. The van der Waals surface area contributed by atoms with Crippen LogP contribution in [-0.4, -0.2) is 29.0 Å². The Balaban J connectivity index is 1.67. The first-order valence-corrected chi connectivity index (χ1v) is 9.38. The molecular weight excluding hydrogens is 316 g/mol. The van der Waals surface area contributed by atoms with Crippen molar-refractivity contribution in [3.05, 3.63) is 22.1 Å². The van der Waals surface area contributed by atoms with Crippen LogP contribution in [0.25, 0.3) is 10.0 Å². The number of carbonyl (C=O) groups excluding carboxylic acids is 1. The third-order valence-electron chi connectivity index (χ3n) is 3.60. The minimum Gasteiger partial charge on any atom is -0.351 e. The van der Waals surface area contributed by atoms with Crippen molar-refractivity contribution in [1.82, 2.24) is 15.3 Å². The third kappa shape index (κ3) is 3.71. The van der Waals surface area contributed by atoms with Crippen LogP contribution in [0.4, 0.5) is 0 Å². The summed E-state index contributed by atoms with van der Waals surface area (Å²) in [6, 6.07) is 0. The van der Waals surface area contributed by atoms with E-state index in [4.69, 9.17) is 5.73 Å². The van der Waals surface area contributed by atoms with Crippen molar-refractivity contribution in [3.8, 4) is 10.0 Å². The molecule has 5 nitrogen and oxygen atoms in total. The van der Waals surface area contributed by atoms with Gasteiger partial charge in [0, 0.05) is 23.0 Å². The molecule has 1 aliphatic carbocycles. The van der Waals surface area contributed by atoms with E-state index in [0.717, 1.165) is 47.0 Å². The lowest BCUT2D eigenvalue weighted by atomic mass is 10.2. The van der Waals surface area contributed by atoms with E-state index in [1.165, 1.54) is 0 Å². The summed E-state index contributed by atoms with van der Waals surface area (Å²) >= 11 is 3.19. The highest BCUT2D eigenvalue weighted by Gasteiger charge is 2.32. The fourth-order valence-corrected chi connectivity index (χ4v) is 4.18. The molecule has 2 aromatic heterocycles. The van der Waals surface area contributed by atoms with Gasteiger partial charge in [0.2, 0.25) is 0 Å². The standard InChI is InChI=1S/C15H20N4OS2/c16-6-2-1-3-7-17-13(20)11-12(10-4-5-10)22-15(19-11)14-18-8-9-21-14/h8-10H,1-7,16H2,(H,17,20). The molecule has 7 heteroatoms. The SMILES string of the molecule is NCCCCCNC(=O)c1nc(-c2nccs2)sc1C1CC1. The maximum absolute atomic E-state index is 12.4. The van der Waals surface area contributed by atoms with Crippen LogP contribution in [0.15, 0.2) is 11.6 Å². The molecule has 3 N–H and O–H groups in total. The second-order valence-corrected chi connectivity index (χ2v) is 7.37. The molecule has 0 saturated heterocycles. The summed E-state index contributed by atoms with van der Waals surface area (Å²) in [7, 11) is 0. The van der Waals surface area contributed by atoms with Gasteiger partial charge in [0.15, 0.2) is 10.0 Å². The van der Waals surface area contributed by atoms with E-state index in [9.17, 15) is 4.79 Å². The van der Waals surface area contributed by atoms with Gasteiger partial charge in [0.1, 0.15) is 5.69 Å². The van der Waals surface area contributed by atoms with Gasteiger partial charge in [0.05, 0.1) is 0 Å². The van der Waals surface area contributed by atoms with E-state index in [-0.39, 0.29) is 5.91 Å². The van der Waals surface area contributed by atoms with E-state index in [1.54, 1.807) is 28.9 Å². The molecule has 0 bridgehead atoms. The molecule has 3 rings (SSSR count). The Labute approximate surface area is 138 Å². The van der Waals surface area contributed by atoms with Crippen molar-refractivity contribution in [2.75, 3.05) is 13.1 Å². The maximum Gasteiger partial charge on any atom is 0.271 e. The first-order valence-electron chi connectivity index (χ1n) is 7.68. The molecular formula is C15H20N4OS2. The maximum atomic E-state index is 12.4. The number of unbranched alkanes of at least 4 members (excludes halogenated alkanes) is 2. The number of nitrogens with zero attached hydrogens (tertiary/aromatic N) is 2. The Morgan fingerprint density at radius 3 is 2.86 bits per heavy atom. The molecule has 2 heterocycles. The second kappa shape index (κ2) is 7.30. The predicted octanol–water partition coefficient (Wildman–Crippen LogP) is 3.00. The summed E-state index contributed by atoms with van der Waals surface area (Å²) in [5, 5.41) is 6.69. The summed E-state index contributed by atoms with van der Waals surface area (Å²) in [6.07, 6.45) is 7.12. The molecule has 118 valence electrons. The highest BCUT2D eigenvalue weighted by Crippen LogP contribution is 2.46. The van der Waals surface area contributed by atoms with E-state index in [0.29, 0.717) is 24.7 Å². The molecule has 0 spiro atoms. The van der Waals surface area contributed by atoms with Gasteiger partial charge in [-0.25, -0.2) is 9.97 Å². The summed E-state index contributed by atoms with van der Waals surface area (Å²) in [5.74, 6) is 0.470. The number of nitrogens with one attached hydrogen (secondary N) is 1. The lowest BCUT2D eigenvalue weighted by molar-refractivity contribution is 0.0948. The molecule has 1 saturated carbocycles. The number of carbonyl (C=O) groups is 1. The average Bonchev–Trinajstić information content (AvgIpc) is 3.04. The van der Waals surface area contributed by atoms with Crippen molar-refractivity contribution in [1.29, 1.82) is 0 Å². The minimum absolute atomic E-state index is 0.0475. The van der Waals surface area contributed by atoms with Crippen LogP contribution >= 0.6 is 22.7 Å². The van der Waals surface area contributed by atoms with Crippen molar-refractivity contribution in [3.63, 3.8) is 0 Å². The molecule has 2 aromatic rings. The monoisotopic (exact) mass is 336 g/mol. The quantitative estimate of drug-likeness (QED) is 0.726. The molecule has 0 unspecified atom stereocenters. The van der Waals surface area contributed by atoms with Crippen LogP contribution in [0, 0.1) is 0 Å². The normalized spacial score (nSPS) is 14.2. The second-order valence-electron chi connectivity index (χ2n) is 5.45. The molecule has 1 amide bonds. The Morgan fingerprint density at radius 2 is 2.18 bits per heavy atom. The zero-order valence-corrected chi connectivity index (χ0v) is 14.0. The Morgan fingerprint density at radius 1 is 1.32 bits per heavy atom. The van der Waals surface area contributed by atoms with Gasteiger partial charge in [-0.2, -0.15) is 0 Å². The molecule has 0 radical (unpaired) electrons. The average molecular weight is 336 g/mol. The van der Waals surface area contributed by atoms with Gasteiger partial charge in [-0.15, -0.1) is 22.7 Å². The zero-order valence-electron chi connectivity index (χ0n) is 12.4. The number of thiazole rings is 2. The van der Waals surface area contributed by atoms with Crippen LogP contribution in [0.3, 0.4) is 0 Å². The predicted molar refractivity (Wildman–Crippen MR) is 90.4 cm³/mol. The topological polar surface area (TPSA) is 80.9 Å². The lowest BCUT2D eigenvalue weighted by Gasteiger charge is -2.04. The number of aromatic nitrogens is 2. The minimum atomic E-state index is -0.0475. The molecule has 0 aliphatic heterocycles. The summed E-state index contributed by atoms with van der Waals surface area (Å²) in [6.45, 7) is 1.40. The lowest BCUT2D eigenvalue weighted by Crippen LogP contribution is -2.25. The van der Waals surface area contributed by atoms with Crippen LogP contribution in [-0.2, 0) is 0 Å². The summed E-state index contributed by atoms with van der Waals surface area (Å²) in [4.78, 5) is 22.4. The van der Waals surface area contributed by atoms with Gasteiger partial charge in [-0.3, -0.25) is 4.79 Å². The molecule has 0 atom stereocenters. The van der Waals surface area contributed by atoms with Gasteiger partial charge in [0.25, 0.3) is 5.91 Å². The third-order valence-corrected chi connectivity index (χ3v) is 5.73. The highest BCUT2D eigenvalue weighted by atomic mass is 32.1. The van der Waals surface area contributed by atoms with Crippen molar-refractivity contribution in [2.45, 2.75) is 38.0 Å². The van der Waals surface area contributed by atoms with Crippen LogP contribution in [0.5, 0.6) is 0 Å². The van der Waals surface area contributed by atoms with Gasteiger partial charge in [-0.05, 0) is 38.1 Å². The number of hydrogen-bond acceptors (Lipinski definition) is 6. The molecule has 1 fully saturated rings. The summed E-state index contributed by atoms with van der Waals surface area (Å²) in [5.41, 5.74) is 6.08. The van der Waals surface area contributed by atoms with Crippen molar-refractivity contribution >= 4 is 28.6 Å². The van der Waals surface area contributed by atoms with Crippen LogP contribution in [0.1, 0.15) is 53.4 Å². The first-order chi connectivity index (χ1) is 10.8. The largest absolute Gasteiger partial charge is 0.351 e. The zero-order chi connectivity index (χ0) is 15.4. The fourth-order valence-electron chi connectivity index (χ4n) is 2.27. The molecule has 0 aromatic carbocycles. The van der Waals surface area contributed by atoms with E-state index < -0.39 is 0 Å². The van der Waals surface area contributed by atoms with Crippen molar-refractivity contribution in [2.24, 2.45) is 5.73 Å². The Hall–Kier alpha value is -1.31. The Bertz CT molecular complexity index is 620. The van der Waals surface area contributed by atoms with E-state index >= 15 is 0 Å². The van der Waals surface area contributed by atoms with Crippen LogP contribution < -0.4 is 11.1 Å². The molecule has 1 aliphatic rings. The Kier molecular flexibility index (Phi) is 5.17. The number of nitrogens with two attached hydrogens (primary N) is 1. The summed E-state index contributed by atoms with van der Waals surface area (Å²) < 4.78 is 0. The first kappa shape index (κ1) is 15.6. The van der Waals surface area contributed by atoms with Gasteiger partial charge >= 0.3 is 0 Å². The number of rotatable bonds is 8. The highest BCUT2D eigenvalue weighted by molar-refractivity contribution is 7.20. The van der Waals surface area contributed by atoms with Gasteiger partial charge in [-0.1, -0.05) is 6.42 Å². The number of amides is 1. The fraction of sp³-hybridized carbons (Fsp3) is 0.533. The van der Waals surface area contributed by atoms with E-state index in [1.807, 2.05) is 5.38 Å². The van der Waals surface area contributed by atoms with Crippen LogP contribution in [0.2, 0.25) is 0 Å².